The number of nitrogens with two attached hydrogens (primary N) is 1. The number of nitrogens with zero attached hydrogens (tertiary/aromatic N) is 2. The second kappa shape index (κ2) is 6.34. The summed E-state index contributed by atoms with van der Waals surface area (Å²) < 4.78 is 5.99. The summed E-state index contributed by atoms with van der Waals surface area (Å²) in [6.45, 7) is 9.44. The fourth-order valence-corrected chi connectivity index (χ4v) is 3.42. The Kier molecular flexibility index (Phi) is 4.48. The summed E-state index contributed by atoms with van der Waals surface area (Å²) in [7, 11) is 0. The van der Waals surface area contributed by atoms with Gasteiger partial charge in [-0.15, -0.1) is 0 Å². The Morgan fingerprint density at radius 2 is 2.10 bits per heavy atom. The Morgan fingerprint density at radius 1 is 1.29 bits per heavy atom. The van der Waals surface area contributed by atoms with E-state index in [1.165, 1.54) is 11.3 Å². The van der Waals surface area contributed by atoms with Crippen molar-refractivity contribution in [2.45, 2.75) is 38.5 Å². The number of anilines is 1. The normalized spacial score (nSPS) is 27.0. The molecule has 0 radical (unpaired) electrons. The lowest BCUT2D eigenvalue weighted by molar-refractivity contribution is -0.0343. The Morgan fingerprint density at radius 3 is 2.90 bits per heavy atom. The summed E-state index contributed by atoms with van der Waals surface area (Å²) in [6.07, 6.45) is 1.32. The van der Waals surface area contributed by atoms with E-state index in [1.54, 1.807) is 0 Å². The van der Waals surface area contributed by atoms with Crippen molar-refractivity contribution in [3.8, 4) is 0 Å². The van der Waals surface area contributed by atoms with Crippen LogP contribution in [0.2, 0.25) is 0 Å². The van der Waals surface area contributed by atoms with Gasteiger partial charge in [-0.1, -0.05) is 18.2 Å². The average Bonchev–Trinajstić information content (AvgIpc) is 2.51. The lowest BCUT2D eigenvalue weighted by atomic mass is 9.97. The van der Waals surface area contributed by atoms with E-state index in [0.717, 1.165) is 39.2 Å². The number of rotatable bonds is 3. The van der Waals surface area contributed by atoms with Crippen molar-refractivity contribution in [3.05, 3.63) is 29.8 Å². The van der Waals surface area contributed by atoms with Crippen LogP contribution in [0.3, 0.4) is 0 Å². The van der Waals surface area contributed by atoms with Gasteiger partial charge in [-0.2, -0.15) is 0 Å². The molecular formula is C17H27N3O. The molecule has 0 bridgehead atoms. The van der Waals surface area contributed by atoms with E-state index in [4.69, 9.17) is 10.5 Å². The smallest absolute Gasteiger partial charge is 0.0877 e. The third-order valence-electron chi connectivity index (χ3n) is 4.71. The molecule has 3 rings (SSSR count). The van der Waals surface area contributed by atoms with Crippen molar-refractivity contribution in [1.82, 2.24) is 4.90 Å². The maximum absolute atomic E-state index is 6.24. The zero-order valence-corrected chi connectivity index (χ0v) is 13.2. The summed E-state index contributed by atoms with van der Waals surface area (Å²) in [5.74, 6) is 0. The van der Waals surface area contributed by atoms with E-state index in [-0.39, 0.29) is 6.04 Å². The Balaban J connectivity index is 1.69. The van der Waals surface area contributed by atoms with Crippen LogP contribution in [0.5, 0.6) is 0 Å². The number of benzene rings is 1. The van der Waals surface area contributed by atoms with Crippen molar-refractivity contribution in [2.24, 2.45) is 5.73 Å². The van der Waals surface area contributed by atoms with E-state index in [1.807, 2.05) is 0 Å². The fourth-order valence-electron chi connectivity index (χ4n) is 3.42. The molecule has 0 amide bonds. The lowest BCUT2D eigenvalue weighted by Gasteiger charge is -2.40. The standard InChI is InChI=1S/C17H27N3O/c1-13(2)19-9-10-21-14(11-19)12-20-8-7-16(18)15-5-3-4-6-17(15)20/h3-6,13-14,16H,7-12,18H2,1-2H3. The van der Waals surface area contributed by atoms with Gasteiger partial charge in [0, 0.05) is 44.0 Å². The lowest BCUT2D eigenvalue weighted by Crippen LogP contribution is -2.50. The minimum atomic E-state index is 0.178. The monoisotopic (exact) mass is 289 g/mol. The molecule has 1 fully saturated rings. The summed E-state index contributed by atoms with van der Waals surface area (Å²) in [6, 6.07) is 9.31. The molecule has 2 atom stereocenters. The minimum absolute atomic E-state index is 0.178. The van der Waals surface area contributed by atoms with Gasteiger partial charge < -0.3 is 15.4 Å². The van der Waals surface area contributed by atoms with Gasteiger partial charge in [0.25, 0.3) is 0 Å². The zero-order chi connectivity index (χ0) is 14.8. The van der Waals surface area contributed by atoms with Gasteiger partial charge in [-0.05, 0) is 31.9 Å². The second-order valence-corrected chi connectivity index (χ2v) is 6.48. The molecular weight excluding hydrogens is 262 g/mol. The number of para-hydroxylation sites is 1. The third-order valence-corrected chi connectivity index (χ3v) is 4.71. The van der Waals surface area contributed by atoms with Gasteiger partial charge in [0.05, 0.1) is 12.7 Å². The molecule has 2 N–H and O–H groups in total. The molecule has 2 aliphatic rings. The highest BCUT2D eigenvalue weighted by atomic mass is 16.5. The SMILES string of the molecule is CC(C)N1CCOC(CN2CCC(N)c3ccccc32)C1. The Labute approximate surface area is 127 Å². The topological polar surface area (TPSA) is 41.7 Å². The Bertz CT molecular complexity index is 477. The van der Waals surface area contributed by atoms with E-state index in [9.17, 15) is 0 Å². The van der Waals surface area contributed by atoms with Crippen molar-refractivity contribution in [2.75, 3.05) is 37.7 Å². The molecule has 1 aromatic carbocycles. The number of fused-ring (bicyclic) bond motifs is 1. The quantitative estimate of drug-likeness (QED) is 0.924. The average molecular weight is 289 g/mol. The second-order valence-electron chi connectivity index (χ2n) is 6.48. The molecule has 0 aliphatic carbocycles. The minimum Gasteiger partial charge on any atom is -0.374 e. The molecule has 2 unspecified atom stereocenters. The van der Waals surface area contributed by atoms with E-state index >= 15 is 0 Å². The first-order valence-corrected chi connectivity index (χ1v) is 8.10. The van der Waals surface area contributed by atoms with Crippen LogP contribution in [-0.4, -0.2) is 49.8 Å². The summed E-state index contributed by atoms with van der Waals surface area (Å²) >= 11 is 0. The van der Waals surface area contributed by atoms with Crippen molar-refractivity contribution in [1.29, 1.82) is 0 Å². The molecule has 116 valence electrons. The molecule has 0 saturated carbocycles. The molecule has 4 nitrogen and oxygen atoms in total. The first kappa shape index (κ1) is 14.8. The summed E-state index contributed by atoms with van der Waals surface area (Å²) in [4.78, 5) is 4.96. The van der Waals surface area contributed by atoms with Gasteiger partial charge in [0.15, 0.2) is 0 Å². The van der Waals surface area contributed by atoms with Crippen molar-refractivity contribution < 1.29 is 4.74 Å². The number of ether oxygens (including phenoxy) is 1. The van der Waals surface area contributed by atoms with Crippen LogP contribution >= 0.6 is 0 Å². The maximum Gasteiger partial charge on any atom is 0.0877 e. The maximum atomic E-state index is 6.24. The van der Waals surface area contributed by atoms with Crippen LogP contribution in [0.1, 0.15) is 31.9 Å². The molecule has 1 saturated heterocycles. The third kappa shape index (κ3) is 3.23. The molecule has 0 spiro atoms. The van der Waals surface area contributed by atoms with Crippen molar-refractivity contribution >= 4 is 5.69 Å². The molecule has 2 heterocycles. The van der Waals surface area contributed by atoms with E-state index < -0.39 is 0 Å². The fraction of sp³-hybridized carbons (Fsp3) is 0.647. The van der Waals surface area contributed by atoms with Crippen LogP contribution in [0, 0.1) is 0 Å². The predicted octanol–water partition coefficient (Wildman–Crippen LogP) is 2.01. The highest BCUT2D eigenvalue weighted by molar-refractivity contribution is 5.57. The van der Waals surface area contributed by atoms with Gasteiger partial charge in [-0.3, -0.25) is 4.90 Å². The van der Waals surface area contributed by atoms with Gasteiger partial charge in [-0.25, -0.2) is 0 Å². The summed E-state index contributed by atoms with van der Waals surface area (Å²) in [5.41, 5.74) is 8.81. The number of hydrogen-bond acceptors (Lipinski definition) is 4. The van der Waals surface area contributed by atoms with Crippen molar-refractivity contribution in [3.63, 3.8) is 0 Å². The van der Waals surface area contributed by atoms with Crippen LogP contribution in [0.4, 0.5) is 5.69 Å². The molecule has 21 heavy (non-hydrogen) atoms. The number of hydrogen-bond donors (Lipinski definition) is 1. The Hall–Kier alpha value is -1.10. The highest BCUT2D eigenvalue weighted by Crippen LogP contribution is 2.32. The highest BCUT2D eigenvalue weighted by Gasteiger charge is 2.27. The van der Waals surface area contributed by atoms with Crippen LogP contribution in [0.15, 0.2) is 24.3 Å². The summed E-state index contributed by atoms with van der Waals surface area (Å²) in [5, 5.41) is 0. The molecule has 0 aromatic heterocycles. The first-order chi connectivity index (χ1) is 10.1. The number of morpholine rings is 1. The molecule has 4 heteroatoms. The van der Waals surface area contributed by atoms with E-state index in [2.05, 4.69) is 47.9 Å². The van der Waals surface area contributed by atoms with Gasteiger partial charge in [0.2, 0.25) is 0 Å². The van der Waals surface area contributed by atoms with Crippen LogP contribution in [0.25, 0.3) is 0 Å². The van der Waals surface area contributed by atoms with E-state index in [0.29, 0.717) is 12.1 Å². The predicted molar refractivity (Wildman–Crippen MR) is 86.6 cm³/mol. The van der Waals surface area contributed by atoms with Gasteiger partial charge >= 0.3 is 0 Å². The molecule has 2 aliphatic heterocycles. The largest absolute Gasteiger partial charge is 0.374 e. The van der Waals surface area contributed by atoms with Crippen LogP contribution < -0.4 is 10.6 Å². The van der Waals surface area contributed by atoms with Gasteiger partial charge in [0.1, 0.15) is 0 Å². The molecule has 1 aromatic rings. The first-order valence-electron chi connectivity index (χ1n) is 8.10. The van der Waals surface area contributed by atoms with Crippen LogP contribution in [-0.2, 0) is 4.74 Å². The zero-order valence-electron chi connectivity index (χ0n) is 13.2.